The van der Waals surface area contributed by atoms with Crippen molar-refractivity contribution in [1.29, 1.82) is 0 Å². The minimum absolute atomic E-state index is 0.0198. The summed E-state index contributed by atoms with van der Waals surface area (Å²) in [6.45, 7) is 2.44. The molecule has 0 bridgehead atoms. The minimum Gasteiger partial charge on any atom is -0.342 e. The first-order chi connectivity index (χ1) is 14.8. The average molecular weight is 432 g/mol. The number of rotatable bonds is 5. The first-order valence-electron chi connectivity index (χ1n) is 10.3. The van der Waals surface area contributed by atoms with Crippen LogP contribution in [0.3, 0.4) is 0 Å². The number of halogens is 3. The van der Waals surface area contributed by atoms with E-state index in [1.807, 2.05) is 12.1 Å². The molecule has 1 saturated heterocycles. The highest BCUT2D eigenvalue weighted by Crippen LogP contribution is 2.38. The van der Waals surface area contributed by atoms with Gasteiger partial charge in [-0.25, -0.2) is 4.98 Å². The molecule has 1 fully saturated rings. The fourth-order valence-electron chi connectivity index (χ4n) is 4.14. The standard InChI is InChI=1S/C22H23F3N4O2/c1-14-20-17(22(23,24)25)12-18(27-21(20)31-28-14)16-5-3-11-29(13-16)19(30)6-2-4-15-7-9-26-10-8-15/h7-10,12,16H,2-6,11,13H2,1H3. The van der Waals surface area contributed by atoms with Gasteiger partial charge < -0.3 is 9.42 Å². The van der Waals surface area contributed by atoms with E-state index >= 15 is 0 Å². The molecule has 0 saturated carbocycles. The number of carbonyl (C=O) groups excluding carboxylic acids is 1. The van der Waals surface area contributed by atoms with Gasteiger partial charge in [0.05, 0.1) is 22.3 Å². The third kappa shape index (κ3) is 4.70. The quantitative estimate of drug-likeness (QED) is 0.586. The molecule has 1 aliphatic rings. The summed E-state index contributed by atoms with van der Waals surface area (Å²) in [5, 5.41) is 3.55. The van der Waals surface area contributed by atoms with E-state index in [0.717, 1.165) is 24.5 Å². The van der Waals surface area contributed by atoms with Crippen molar-refractivity contribution < 1.29 is 22.5 Å². The molecular weight excluding hydrogens is 409 g/mol. The lowest BCUT2D eigenvalue weighted by Gasteiger charge is -2.32. The molecule has 164 valence electrons. The number of aryl methyl sites for hydroxylation is 2. The zero-order valence-corrected chi connectivity index (χ0v) is 17.2. The molecule has 0 aromatic carbocycles. The van der Waals surface area contributed by atoms with Crippen molar-refractivity contribution in [2.75, 3.05) is 13.1 Å². The normalized spacial score (nSPS) is 17.3. The maximum atomic E-state index is 13.6. The largest absolute Gasteiger partial charge is 0.417 e. The molecule has 6 nitrogen and oxygen atoms in total. The van der Waals surface area contributed by atoms with Crippen LogP contribution in [0.15, 0.2) is 35.1 Å². The number of aromatic nitrogens is 3. The predicted molar refractivity (Wildman–Crippen MR) is 107 cm³/mol. The van der Waals surface area contributed by atoms with Crippen LogP contribution in [-0.4, -0.2) is 39.0 Å². The summed E-state index contributed by atoms with van der Waals surface area (Å²) in [6, 6.07) is 4.94. The van der Waals surface area contributed by atoms with Gasteiger partial charge in [-0.05, 0) is 56.4 Å². The molecule has 9 heteroatoms. The van der Waals surface area contributed by atoms with E-state index in [4.69, 9.17) is 4.52 Å². The molecule has 3 aromatic heterocycles. The number of pyridine rings is 2. The molecule has 0 N–H and O–H groups in total. The highest BCUT2D eigenvalue weighted by Gasteiger charge is 2.37. The summed E-state index contributed by atoms with van der Waals surface area (Å²) in [5.74, 6) is -0.250. The molecule has 3 aromatic rings. The van der Waals surface area contributed by atoms with E-state index in [0.29, 0.717) is 38.0 Å². The predicted octanol–water partition coefficient (Wildman–Crippen LogP) is 4.67. The summed E-state index contributed by atoms with van der Waals surface area (Å²) in [7, 11) is 0. The Morgan fingerprint density at radius 2 is 2.06 bits per heavy atom. The molecule has 1 aliphatic heterocycles. The van der Waals surface area contributed by atoms with E-state index in [1.54, 1.807) is 17.3 Å². The van der Waals surface area contributed by atoms with Crippen LogP contribution in [0.25, 0.3) is 11.1 Å². The molecular formula is C22H23F3N4O2. The molecule has 0 radical (unpaired) electrons. The molecule has 0 aliphatic carbocycles. The number of nitrogens with zero attached hydrogens (tertiary/aromatic N) is 4. The van der Waals surface area contributed by atoms with E-state index in [1.165, 1.54) is 6.92 Å². The topological polar surface area (TPSA) is 72.1 Å². The Labute approximate surface area is 177 Å². The van der Waals surface area contributed by atoms with Gasteiger partial charge in [-0.15, -0.1) is 0 Å². The Bertz CT molecular complexity index is 1070. The molecule has 0 spiro atoms. The van der Waals surface area contributed by atoms with Crippen molar-refractivity contribution >= 4 is 17.0 Å². The number of hydrogen-bond acceptors (Lipinski definition) is 5. The van der Waals surface area contributed by atoms with Gasteiger partial charge in [-0.1, -0.05) is 5.16 Å². The second-order valence-electron chi connectivity index (χ2n) is 7.93. The lowest BCUT2D eigenvalue weighted by molar-refractivity contribution is -0.136. The first-order valence-corrected chi connectivity index (χ1v) is 10.3. The van der Waals surface area contributed by atoms with Gasteiger partial charge in [0.15, 0.2) is 0 Å². The summed E-state index contributed by atoms with van der Waals surface area (Å²) < 4.78 is 46.0. The van der Waals surface area contributed by atoms with Crippen LogP contribution in [0.2, 0.25) is 0 Å². The zero-order valence-electron chi connectivity index (χ0n) is 17.2. The van der Waals surface area contributed by atoms with Gasteiger partial charge in [-0.2, -0.15) is 13.2 Å². The number of hydrogen-bond donors (Lipinski definition) is 0. The fourth-order valence-corrected chi connectivity index (χ4v) is 4.14. The van der Waals surface area contributed by atoms with Gasteiger partial charge in [0.1, 0.15) is 0 Å². The van der Waals surface area contributed by atoms with Crippen molar-refractivity contribution in [2.24, 2.45) is 0 Å². The summed E-state index contributed by atoms with van der Waals surface area (Å²) in [6.07, 6.45) is 2.19. The molecule has 1 unspecified atom stereocenters. The van der Waals surface area contributed by atoms with Crippen molar-refractivity contribution in [3.63, 3.8) is 0 Å². The monoisotopic (exact) mass is 432 g/mol. The van der Waals surface area contributed by atoms with E-state index in [-0.39, 0.29) is 28.6 Å². The van der Waals surface area contributed by atoms with Crippen LogP contribution >= 0.6 is 0 Å². The molecule has 31 heavy (non-hydrogen) atoms. The minimum atomic E-state index is -4.54. The van der Waals surface area contributed by atoms with Crippen LogP contribution in [0, 0.1) is 6.92 Å². The molecule has 4 rings (SSSR count). The Hall–Kier alpha value is -2.97. The fraction of sp³-hybridized carbons (Fsp3) is 0.455. The summed E-state index contributed by atoms with van der Waals surface area (Å²) in [5.41, 5.74) is 0.690. The molecule has 4 heterocycles. The van der Waals surface area contributed by atoms with Crippen LogP contribution in [0.4, 0.5) is 13.2 Å². The summed E-state index contributed by atoms with van der Waals surface area (Å²) >= 11 is 0. The number of alkyl halides is 3. The lowest BCUT2D eigenvalue weighted by Crippen LogP contribution is -2.39. The Morgan fingerprint density at radius 1 is 1.29 bits per heavy atom. The average Bonchev–Trinajstić information content (AvgIpc) is 3.14. The number of fused-ring (bicyclic) bond motifs is 1. The van der Waals surface area contributed by atoms with Crippen molar-refractivity contribution in [2.45, 2.75) is 51.1 Å². The van der Waals surface area contributed by atoms with Crippen LogP contribution in [0.5, 0.6) is 0 Å². The van der Waals surface area contributed by atoms with Gasteiger partial charge in [0.25, 0.3) is 5.71 Å². The number of likely N-dealkylation sites (tertiary alicyclic amines) is 1. The molecule has 1 atom stereocenters. The maximum Gasteiger partial charge on any atom is 0.417 e. The van der Waals surface area contributed by atoms with Crippen molar-refractivity contribution in [3.05, 3.63) is 53.1 Å². The number of carbonyl (C=O) groups is 1. The van der Waals surface area contributed by atoms with Crippen LogP contribution < -0.4 is 0 Å². The second-order valence-corrected chi connectivity index (χ2v) is 7.93. The van der Waals surface area contributed by atoms with Gasteiger partial charge in [-0.3, -0.25) is 9.78 Å². The van der Waals surface area contributed by atoms with Crippen LogP contribution in [0.1, 0.15) is 54.1 Å². The third-order valence-corrected chi connectivity index (χ3v) is 5.74. The summed E-state index contributed by atoms with van der Waals surface area (Å²) in [4.78, 5) is 22.7. The highest BCUT2D eigenvalue weighted by atomic mass is 19.4. The third-order valence-electron chi connectivity index (χ3n) is 5.74. The number of piperidine rings is 1. The lowest BCUT2D eigenvalue weighted by atomic mass is 9.92. The van der Waals surface area contributed by atoms with E-state index in [9.17, 15) is 18.0 Å². The van der Waals surface area contributed by atoms with Crippen molar-refractivity contribution in [1.82, 2.24) is 20.0 Å². The maximum absolute atomic E-state index is 13.6. The van der Waals surface area contributed by atoms with E-state index in [2.05, 4.69) is 15.1 Å². The zero-order chi connectivity index (χ0) is 22.0. The second kappa shape index (κ2) is 8.64. The van der Waals surface area contributed by atoms with Gasteiger partial charge in [0, 0.05) is 37.8 Å². The SMILES string of the molecule is Cc1noc2nc(C3CCCN(C(=O)CCCc4ccncc4)C3)cc(C(F)(F)F)c12. The van der Waals surface area contributed by atoms with Crippen LogP contribution in [-0.2, 0) is 17.4 Å². The van der Waals surface area contributed by atoms with Gasteiger partial charge in [0.2, 0.25) is 5.91 Å². The van der Waals surface area contributed by atoms with Crippen molar-refractivity contribution in [3.8, 4) is 0 Å². The highest BCUT2D eigenvalue weighted by molar-refractivity contribution is 5.81. The van der Waals surface area contributed by atoms with Gasteiger partial charge >= 0.3 is 6.18 Å². The smallest absolute Gasteiger partial charge is 0.342 e. The Morgan fingerprint density at radius 3 is 2.81 bits per heavy atom. The first kappa shape index (κ1) is 21.3. The Balaban J connectivity index is 1.47. The van der Waals surface area contributed by atoms with E-state index < -0.39 is 11.7 Å². The number of amides is 1. The Kier molecular flexibility index (Phi) is 5.93. The molecule has 1 amide bonds.